The van der Waals surface area contributed by atoms with Crippen molar-refractivity contribution in [3.05, 3.63) is 89.4 Å². The minimum Gasteiger partial charge on any atom is -0.491 e. The van der Waals surface area contributed by atoms with Crippen LogP contribution in [0, 0.1) is 0 Å². The SMILES string of the molecule is CCC(C)n1ncn(-c2ccc(N3CCN(c4ccc(OC[C@@H]5CO[C@@H](c6ccnnc6)O5)cc4)CC3)cc2)c1=O. The van der Waals surface area contributed by atoms with E-state index in [1.54, 1.807) is 28.0 Å². The molecular formula is C30H35N7O4. The van der Waals surface area contributed by atoms with Gasteiger partial charge in [-0.1, -0.05) is 6.92 Å². The summed E-state index contributed by atoms with van der Waals surface area (Å²) >= 11 is 0. The zero-order chi connectivity index (χ0) is 28.2. The number of ether oxygens (including phenoxy) is 3. The second-order valence-corrected chi connectivity index (χ2v) is 10.4. The Kier molecular flexibility index (Phi) is 7.97. The lowest BCUT2D eigenvalue weighted by Gasteiger charge is -2.37. The van der Waals surface area contributed by atoms with Crippen LogP contribution in [0.4, 0.5) is 11.4 Å². The van der Waals surface area contributed by atoms with Gasteiger partial charge in [0.25, 0.3) is 0 Å². The zero-order valence-corrected chi connectivity index (χ0v) is 23.4. The third kappa shape index (κ3) is 5.96. The quantitative estimate of drug-likeness (QED) is 0.306. The third-order valence-electron chi connectivity index (χ3n) is 7.74. The fourth-order valence-corrected chi connectivity index (χ4v) is 5.11. The summed E-state index contributed by atoms with van der Waals surface area (Å²) in [4.78, 5) is 17.5. The number of rotatable bonds is 9. The standard InChI is InChI=1S/C30H35N7O4/c1-3-22(2)37-30(38)36(21-33-37)26-6-4-24(5-7-26)34-14-16-35(17-15-34)25-8-10-27(11-9-25)39-19-28-20-40-29(41-28)23-12-13-31-32-18-23/h4-13,18,21-22,28-29H,3,14-17,19-20H2,1-2H3/t22?,28-,29-/m1/s1. The van der Waals surface area contributed by atoms with E-state index in [9.17, 15) is 4.79 Å². The molecule has 2 aliphatic rings. The van der Waals surface area contributed by atoms with Crippen molar-refractivity contribution >= 4 is 11.4 Å². The summed E-state index contributed by atoms with van der Waals surface area (Å²) in [6, 6.07) is 18.3. The Morgan fingerprint density at radius 3 is 2.22 bits per heavy atom. The molecule has 2 aliphatic heterocycles. The molecule has 3 atom stereocenters. The van der Waals surface area contributed by atoms with E-state index in [0.29, 0.717) is 13.2 Å². The lowest BCUT2D eigenvalue weighted by molar-refractivity contribution is -0.0662. The predicted molar refractivity (Wildman–Crippen MR) is 155 cm³/mol. The van der Waals surface area contributed by atoms with Gasteiger partial charge in [-0.25, -0.2) is 14.0 Å². The zero-order valence-electron chi connectivity index (χ0n) is 23.4. The van der Waals surface area contributed by atoms with Crippen LogP contribution in [0.2, 0.25) is 0 Å². The summed E-state index contributed by atoms with van der Waals surface area (Å²) in [7, 11) is 0. The van der Waals surface area contributed by atoms with Gasteiger partial charge in [0.1, 0.15) is 24.8 Å². The van der Waals surface area contributed by atoms with E-state index >= 15 is 0 Å². The van der Waals surface area contributed by atoms with Gasteiger partial charge in [-0.2, -0.15) is 15.3 Å². The van der Waals surface area contributed by atoms with Crippen molar-refractivity contribution < 1.29 is 14.2 Å². The molecule has 2 fully saturated rings. The van der Waals surface area contributed by atoms with E-state index in [4.69, 9.17) is 14.2 Å². The second-order valence-electron chi connectivity index (χ2n) is 10.4. The fraction of sp³-hybridized carbons (Fsp3) is 0.400. The highest BCUT2D eigenvalue weighted by Gasteiger charge is 2.28. The van der Waals surface area contributed by atoms with E-state index in [1.165, 1.54) is 5.69 Å². The Labute approximate surface area is 238 Å². The molecule has 0 spiro atoms. The summed E-state index contributed by atoms with van der Waals surface area (Å²) in [6.45, 7) is 8.61. The molecule has 2 saturated heterocycles. The van der Waals surface area contributed by atoms with Gasteiger partial charge in [0, 0.05) is 43.1 Å². The number of hydrogen-bond donors (Lipinski definition) is 0. The van der Waals surface area contributed by atoms with Crippen molar-refractivity contribution in [3.63, 3.8) is 0 Å². The molecule has 1 unspecified atom stereocenters. The van der Waals surface area contributed by atoms with E-state index < -0.39 is 6.29 Å². The van der Waals surface area contributed by atoms with Crippen LogP contribution in [-0.2, 0) is 9.47 Å². The average Bonchev–Trinajstić information content (AvgIpc) is 3.67. The van der Waals surface area contributed by atoms with Gasteiger partial charge in [0.2, 0.25) is 0 Å². The first-order chi connectivity index (χ1) is 20.1. The minimum atomic E-state index is -0.428. The highest BCUT2D eigenvalue weighted by molar-refractivity contribution is 5.54. The van der Waals surface area contributed by atoms with Crippen molar-refractivity contribution in [2.45, 2.75) is 38.7 Å². The Bertz CT molecular complexity index is 1470. The molecular weight excluding hydrogens is 522 g/mol. The first kappa shape index (κ1) is 27.0. The van der Waals surface area contributed by atoms with Crippen LogP contribution in [0.15, 0.2) is 78.1 Å². The van der Waals surface area contributed by atoms with E-state index in [-0.39, 0.29) is 17.8 Å². The first-order valence-corrected chi connectivity index (χ1v) is 14.1. The maximum absolute atomic E-state index is 12.7. The maximum atomic E-state index is 12.7. The number of benzene rings is 2. The summed E-state index contributed by atoms with van der Waals surface area (Å²) < 4.78 is 20.8. The summed E-state index contributed by atoms with van der Waals surface area (Å²) in [5.41, 5.74) is 3.90. The van der Waals surface area contributed by atoms with Crippen molar-refractivity contribution in [2.24, 2.45) is 0 Å². The number of piperazine rings is 1. The summed E-state index contributed by atoms with van der Waals surface area (Å²) in [6.07, 6.45) is 5.17. The van der Waals surface area contributed by atoms with Crippen LogP contribution in [-0.4, -0.2) is 70.0 Å². The monoisotopic (exact) mass is 557 g/mol. The smallest absolute Gasteiger partial charge is 0.350 e. The largest absolute Gasteiger partial charge is 0.491 e. The Morgan fingerprint density at radius 2 is 1.59 bits per heavy atom. The molecule has 4 aromatic rings. The maximum Gasteiger partial charge on any atom is 0.350 e. The lowest BCUT2D eigenvalue weighted by atomic mass is 10.2. The number of anilines is 2. The summed E-state index contributed by atoms with van der Waals surface area (Å²) in [5.74, 6) is 0.805. The van der Waals surface area contributed by atoms with Gasteiger partial charge in [0.05, 0.1) is 30.7 Å². The highest BCUT2D eigenvalue weighted by atomic mass is 16.7. The van der Waals surface area contributed by atoms with Crippen molar-refractivity contribution in [2.75, 3.05) is 49.2 Å². The van der Waals surface area contributed by atoms with E-state index in [2.05, 4.69) is 56.3 Å². The van der Waals surface area contributed by atoms with Crippen LogP contribution in [0.25, 0.3) is 5.69 Å². The Hall–Kier alpha value is -4.22. The number of nitrogens with zero attached hydrogens (tertiary/aromatic N) is 7. The van der Waals surface area contributed by atoms with Crippen LogP contribution in [0.5, 0.6) is 5.75 Å². The number of aromatic nitrogens is 5. The lowest BCUT2D eigenvalue weighted by Crippen LogP contribution is -2.46. The molecule has 4 heterocycles. The molecule has 0 aliphatic carbocycles. The van der Waals surface area contributed by atoms with Gasteiger partial charge in [0.15, 0.2) is 6.29 Å². The van der Waals surface area contributed by atoms with Gasteiger partial charge >= 0.3 is 5.69 Å². The van der Waals surface area contributed by atoms with Gasteiger partial charge in [-0.05, 0) is 67.9 Å². The second kappa shape index (κ2) is 12.1. The van der Waals surface area contributed by atoms with Crippen LogP contribution in [0.1, 0.15) is 38.2 Å². The topological polar surface area (TPSA) is 99.8 Å². The number of hydrogen-bond acceptors (Lipinski definition) is 9. The third-order valence-corrected chi connectivity index (χ3v) is 7.74. The molecule has 11 nitrogen and oxygen atoms in total. The molecule has 0 radical (unpaired) electrons. The Morgan fingerprint density at radius 1 is 0.927 bits per heavy atom. The van der Waals surface area contributed by atoms with Crippen molar-refractivity contribution in [1.82, 2.24) is 24.5 Å². The van der Waals surface area contributed by atoms with Crippen molar-refractivity contribution in [1.29, 1.82) is 0 Å². The van der Waals surface area contributed by atoms with E-state index in [1.807, 2.05) is 37.3 Å². The molecule has 11 heteroatoms. The molecule has 0 bridgehead atoms. The molecule has 2 aromatic heterocycles. The Balaban J connectivity index is 0.984. The molecule has 0 saturated carbocycles. The van der Waals surface area contributed by atoms with Gasteiger partial charge in [-0.15, -0.1) is 0 Å². The van der Waals surface area contributed by atoms with Crippen molar-refractivity contribution in [3.8, 4) is 11.4 Å². The summed E-state index contributed by atoms with van der Waals surface area (Å²) in [5, 5.41) is 12.0. The highest BCUT2D eigenvalue weighted by Crippen LogP contribution is 2.27. The molecule has 2 aromatic carbocycles. The van der Waals surface area contributed by atoms with Crippen LogP contribution in [0.3, 0.4) is 0 Å². The molecule has 0 amide bonds. The molecule has 0 N–H and O–H groups in total. The molecule has 214 valence electrons. The van der Waals surface area contributed by atoms with Gasteiger partial charge < -0.3 is 24.0 Å². The first-order valence-electron chi connectivity index (χ1n) is 14.1. The van der Waals surface area contributed by atoms with E-state index in [0.717, 1.165) is 55.3 Å². The fourth-order valence-electron chi connectivity index (χ4n) is 5.11. The average molecular weight is 558 g/mol. The van der Waals surface area contributed by atoms with Crippen LogP contribution >= 0.6 is 0 Å². The predicted octanol–water partition coefficient (Wildman–Crippen LogP) is 3.61. The minimum absolute atomic E-state index is 0.0781. The normalized spacial score (nSPS) is 19.9. The molecule has 6 rings (SSSR count). The van der Waals surface area contributed by atoms with Gasteiger partial charge in [-0.3, -0.25) is 0 Å². The molecule has 41 heavy (non-hydrogen) atoms. The van der Waals surface area contributed by atoms with Crippen LogP contribution < -0.4 is 20.2 Å².